The number of benzene rings is 1. The lowest BCUT2D eigenvalue weighted by molar-refractivity contribution is -0.121. The second kappa shape index (κ2) is 7.78. The van der Waals surface area contributed by atoms with Gasteiger partial charge in [0.25, 0.3) is 0 Å². The summed E-state index contributed by atoms with van der Waals surface area (Å²) in [5.41, 5.74) is 1.33. The van der Waals surface area contributed by atoms with Crippen LogP contribution in [0.4, 0.5) is 0 Å². The largest absolute Gasteiger partial charge is 0.273 e. The molecular weight excluding hydrogens is 300 g/mol. The molecule has 0 radical (unpaired) electrons. The van der Waals surface area contributed by atoms with Crippen molar-refractivity contribution in [3.63, 3.8) is 0 Å². The van der Waals surface area contributed by atoms with Crippen molar-refractivity contribution in [1.82, 2.24) is 9.66 Å². The van der Waals surface area contributed by atoms with Crippen LogP contribution in [-0.2, 0) is 16.8 Å². The van der Waals surface area contributed by atoms with Crippen LogP contribution >= 0.6 is 0 Å². The first-order valence-electron chi connectivity index (χ1n) is 8.41. The van der Waals surface area contributed by atoms with E-state index in [1.54, 1.807) is 22.2 Å². The highest BCUT2D eigenvalue weighted by molar-refractivity contribution is 5.87. The molecule has 2 rings (SSSR count). The third kappa shape index (κ3) is 3.18. The molecule has 0 bridgehead atoms. The molecular formula is C19H24N4O. The molecule has 0 spiro atoms. The van der Waals surface area contributed by atoms with E-state index in [1.807, 2.05) is 25.1 Å². The molecule has 0 atom stereocenters. The summed E-state index contributed by atoms with van der Waals surface area (Å²) < 4.78 is 1.75. The van der Waals surface area contributed by atoms with Gasteiger partial charge in [-0.05, 0) is 18.4 Å². The predicted octanol–water partition coefficient (Wildman–Crippen LogP) is 3.54. The topological polar surface area (TPSA) is 61.9 Å². The minimum atomic E-state index is -0.445. The number of nitrogens with zero attached hydrogens (tertiary/aromatic N) is 4. The van der Waals surface area contributed by atoms with Crippen LogP contribution in [0.2, 0.25) is 0 Å². The molecule has 5 heteroatoms. The molecule has 0 aliphatic rings. The molecule has 0 fully saturated rings. The van der Waals surface area contributed by atoms with Crippen molar-refractivity contribution in [2.24, 2.45) is 0 Å². The minimum Gasteiger partial charge on any atom is -0.273 e. The number of carbonyl (C=O) groups is 1. The van der Waals surface area contributed by atoms with Gasteiger partial charge < -0.3 is 0 Å². The highest BCUT2D eigenvalue weighted by Gasteiger charge is 2.39. The average Bonchev–Trinajstić information content (AvgIpc) is 3.08. The van der Waals surface area contributed by atoms with Gasteiger partial charge in [0.2, 0.25) is 5.91 Å². The van der Waals surface area contributed by atoms with Crippen molar-refractivity contribution in [3.8, 4) is 6.07 Å². The lowest BCUT2D eigenvalue weighted by Gasteiger charge is -2.43. The molecule has 2 aromatic rings. The second-order valence-corrected chi connectivity index (χ2v) is 5.74. The molecule has 126 valence electrons. The van der Waals surface area contributed by atoms with Gasteiger partial charge in [0.15, 0.2) is 0 Å². The zero-order valence-electron chi connectivity index (χ0n) is 14.6. The van der Waals surface area contributed by atoms with Crippen LogP contribution in [0.15, 0.2) is 42.9 Å². The highest BCUT2D eigenvalue weighted by Crippen LogP contribution is 2.35. The Morgan fingerprint density at radius 2 is 1.92 bits per heavy atom. The molecule has 0 N–H and O–H groups in total. The van der Waals surface area contributed by atoms with Crippen molar-refractivity contribution in [2.45, 2.75) is 52.0 Å². The fourth-order valence-electron chi connectivity index (χ4n) is 3.20. The number of aromatic nitrogens is 2. The lowest BCUT2D eigenvalue weighted by atomic mass is 9.83. The Bertz CT molecular complexity index is 710. The third-order valence-electron chi connectivity index (χ3n) is 4.54. The Labute approximate surface area is 143 Å². The Kier molecular flexibility index (Phi) is 5.75. The van der Waals surface area contributed by atoms with Crippen molar-refractivity contribution < 1.29 is 4.79 Å². The minimum absolute atomic E-state index is 0.0310. The van der Waals surface area contributed by atoms with Gasteiger partial charge in [-0.15, -0.1) is 0 Å². The standard InChI is InChI=1S/C19H24N4O/c1-4-18(24)23(22-14-17(12-13-20)21-15-22)19(5-2,6-3)16-10-8-7-9-11-16/h7-11,14-15H,4-6,12H2,1-3H3. The van der Waals surface area contributed by atoms with E-state index in [9.17, 15) is 4.79 Å². The summed E-state index contributed by atoms with van der Waals surface area (Å²) >= 11 is 0. The number of hydrogen-bond acceptors (Lipinski definition) is 3. The molecule has 0 saturated heterocycles. The van der Waals surface area contributed by atoms with Crippen LogP contribution < -0.4 is 5.01 Å². The maximum atomic E-state index is 12.8. The molecule has 5 nitrogen and oxygen atoms in total. The van der Waals surface area contributed by atoms with E-state index >= 15 is 0 Å². The summed E-state index contributed by atoms with van der Waals surface area (Å²) in [6.45, 7) is 6.06. The first-order valence-corrected chi connectivity index (χ1v) is 8.41. The van der Waals surface area contributed by atoms with E-state index in [4.69, 9.17) is 5.26 Å². The predicted molar refractivity (Wildman–Crippen MR) is 93.8 cm³/mol. The second-order valence-electron chi connectivity index (χ2n) is 5.74. The number of rotatable bonds is 7. The lowest BCUT2D eigenvalue weighted by Crippen LogP contribution is -2.55. The van der Waals surface area contributed by atoms with Gasteiger partial charge in [-0.2, -0.15) is 5.26 Å². The van der Waals surface area contributed by atoms with Crippen LogP contribution in [0.5, 0.6) is 0 Å². The molecule has 0 saturated carbocycles. The first kappa shape index (κ1) is 17.7. The summed E-state index contributed by atoms with van der Waals surface area (Å²) in [6, 6.07) is 12.2. The Morgan fingerprint density at radius 3 is 2.46 bits per heavy atom. The number of amides is 1. The number of carbonyl (C=O) groups excluding carboxylic acids is 1. The van der Waals surface area contributed by atoms with Gasteiger partial charge in [-0.3, -0.25) is 4.79 Å². The van der Waals surface area contributed by atoms with Crippen molar-refractivity contribution in [2.75, 3.05) is 5.01 Å². The summed E-state index contributed by atoms with van der Waals surface area (Å²) in [6.07, 6.45) is 5.61. The zero-order chi connectivity index (χ0) is 17.6. The molecule has 0 aliphatic carbocycles. The van der Waals surface area contributed by atoms with Gasteiger partial charge >= 0.3 is 0 Å². The van der Waals surface area contributed by atoms with E-state index in [2.05, 4.69) is 37.0 Å². The SMILES string of the molecule is CCC(=O)N(n1cnc(CC#N)c1)C(CC)(CC)c1ccccc1. The Morgan fingerprint density at radius 1 is 1.25 bits per heavy atom. The van der Waals surface area contributed by atoms with Gasteiger partial charge in [0.1, 0.15) is 6.33 Å². The van der Waals surface area contributed by atoms with E-state index in [1.165, 1.54) is 0 Å². The summed E-state index contributed by atoms with van der Waals surface area (Å²) in [5.74, 6) is 0.0310. The van der Waals surface area contributed by atoms with Crippen molar-refractivity contribution >= 4 is 5.91 Å². The normalized spacial score (nSPS) is 11.1. The third-order valence-corrected chi connectivity index (χ3v) is 4.54. The number of hydrogen-bond donors (Lipinski definition) is 0. The smallest absolute Gasteiger partial charge is 0.241 e. The number of nitriles is 1. The molecule has 1 amide bonds. The Hall–Kier alpha value is -2.61. The molecule has 24 heavy (non-hydrogen) atoms. The molecule has 0 aliphatic heterocycles. The Balaban J connectivity index is 2.58. The monoisotopic (exact) mass is 324 g/mol. The molecule has 1 heterocycles. The van der Waals surface area contributed by atoms with E-state index in [0.717, 1.165) is 18.4 Å². The van der Waals surface area contributed by atoms with Gasteiger partial charge in [0.05, 0.1) is 29.9 Å². The van der Waals surface area contributed by atoms with Crippen LogP contribution in [-0.4, -0.2) is 15.6 Å². The maximum absolute atomic E-state index is 12.8. The van der Waals surface area contributed by atoms with Crippen LogP contribution in [0.3, 0.4) is 0 Å². The summed E-state index contributed by atoms with van der Waals surface area (Å²) in [4.78, 5) is 17.1. The quantitative estimate of drug-likeness (QED) is 0.782. The van der Waals surface area contributed by atoms with Crippen LogP contribution in [0.1, 0.15) is 51.3 Å². The van der Waals surface area contributed by atoms with Crippen molar-refractivity contribution in [3.05, 3.63) is 54.1 Å². The van der Waals surface area contributed by atoms with E-state index in [-0.39, 0.29) is 12.3 Å². The van der Waals surface area contributed by atoms with Crippen LogP contribution in [0.25, 0.3) is 0 Å². The zero-order valence-corrected chi connectivity index (χ0v) is 14.6. The van der Waals surface area contributed by atoms with Crippen molar-refractivity contribution in [1.29, 1.82) is 5.26 Å². The van der Waals surface area contributed by atoms with Gasteiger partial charge in [0, 0.05) is 6.42 Å². The van der Waals surface area contributed by atoms with E-state index < -0.39 is 5.54 Å². The average molecular weight is 324 g/mol. The molecule has 1 aromatic carbocycles. The summed E-state index contributed by atoms with van der Waals surface area (Å²) in [7, 11) is 0. The molecule has 0 unspecified atom stereocenters. The maximum Gasteiger partial charge on any atom is 0.241 e. The fourth-order valence-corrected chi connectivity index (χ4v) is 3.20. The van der Waals surface area contributed by atoms with Crippen LogP contribution in [0, 0.1) is 11.3 Å². The van der Waals surface area contributed by atoms with E-state index in [0.29, 0.717) is 12.1 Å². The molecule has 1 aromatic heterocycles. The highest BCUT2D eigenvalue weighted by atomic mass is 16.2. The van der Waals surface area contributed by atoms with Gasteiger partial charge in [-0.25, -0.2) is 14.7 Å². The first-order chi connectivity index (χ1) is 11.6. The van der Waals surface area contributed by atoms with Gasteiger partial charge in [-0.1, -0.05) is 51.1 Å². The fraction of sp³-hybridized carbons (Fsp3) is 0.421. The summed E-state index contributed by atoms with van der Waals surface area (Å²) in [5, 5.41) is 10.7. The number of imidazole rings is 1.